The number of esters is 4. The van der Waals surface area contributed by atoms with Crippen molar-refractivity contribution >= 4 is 30.3 Å². The molecule has 15 heteroatoms. The number of rotatable bonds is 5. The van der Waals surface area contributed by atoms with Crippen molar-refractivity contribution < 1.29 is 67.3 Å². The van der Waals surface area contributed by atoms with Crippen LogP contribution in [0.25, 0.3) is 0 Å². The Labute approximate surface area is 289 Å². The molecule has 0 radical (unpaired) electrons. The summed E-state index contributed by atoms with van der Waals surface area (Å²) in [6.07, 6.45) is -6.66. The number of carbonyl (C=O) groups excluding carboxylic acids is 5. The maximum atomic E-state index is 13.5. The van der Waals surface area contributed by atoms with Gasteiger partial charge in [-0.15, -0.1) is 0 Å². The zero-order valence-electron chi connectivity index (χ0n) is 29.4. The number of hydrogen-bond donors (Lipinski definition) is 3. The Kier molecular flexibility index (Phi) is 6.97. The van der Waals surface area contributed by atoms with Crippen LogP contribution < -0.4 is 5.73 Å². The number of hydrogen-bond acceptors (Lipinski definition) is 15. The van der Waals surface area contributed by atoms with Crippen LogP contribution in [0.1, 0.15) is 61.8 Å². The summed E-state index contributed by atoms with van der Waals surface area (Å²) in [6, 6.07) is -0.838. The van der Waals surface area contributed by atoms with Crippen LogP contribution >= 0.6 is 0 Å². The molecular weight excluding hydrogens is 658 g/mol. The molecular formula is C35H47NO14. The molecule has 0 bridgehead atoms. The van der Waals surface area contributed by atoms with Crippen molar-refractivity contribution in [1.82, 2.24) is 0 Å². The lowest BCUT2D eigenvalue weighted by molar-refractivity contribution is -0.284. The van der Waals surface area contributed by atoms with Gasteiger partial charge in [0.15, 0.2) is 5.60 Å². The van der Waals surface area contributed by atoms with Gasteiger partial charge in [0.2, 0.25) is 5.79 Å². The monoisotopic (exact) mass is 705 g/mol. The van der Waals surface area contributed by atoms with Crippen molar-refractivity contribution in [1.29, 1.82) is 0 Å². The first-order chi connectivity index (χ1) is 23.3. The molecule has 5 saturated carbocycles. The summed E-state index contributed by atoms with van der Waals surface area (Å²) < 4.78 is 42.8. The average molecular weight is 706 g/mol. The number of ether oxygens (including phenoxy) is 7. The third kappa shape index (κ3) is 3.70. The largest absolute Gasteiger partial charge is 0.463 e. The molecule has 5 aliphatic carbocycles. The van der Waals surface area contributed by atoms with E-state index in [1.807, 2.05) is 20.8 Å². The third-order valence-electron chi connectivity index (χ3n) is 15.2. The predicted octanol–water partition coefficient (Wildman–Crippen LogP) is -0.00810. The van der Waals surface area contributed by atoms with E-state index in [9.17, 15) is 34.2 Å². The fourth-order valence-electron chi connectivity index (χ4n) is 13.4. The van der Waals surface area contributed by atoms with E-state index in [0.717, 1.165) is 0 Å². The molecule has 21 atom stereocenters. The van der Waals surface area contributed by atoms with Gasteiger partial charge < -0.3 is 49.1 Å². The van der Waals surface area contributed by atoms with Crippen molar-refractivity contribution in [2.75, 3.05) is 0 Å². The normalized spacial score (nSPS) is 59.0. The van der Waals surface area contributed by atoms with E-state index >= 15 is 0 Å². The fraction of sp³-hybridized carbons (Fsp3) is 0.857. The van der Waals surface area contributed by atoms with Gasteiger partial charge in [0.05, 0.1) is 17.6 Å². The van der Waals surface area contributed by atoms with Gasteiger partial charge in [-0.1, -0.05) is 20.8 Å². The van der Waals surface area contributed by atoms with Gasteiger partial charge in [-0.3, -0.25) is 19.2 Å². The van der Waals surface area contributed by atoms with Gasteiger partial charge in [-0.25, -0.2) is 4.79 Å². The molecule has 3 aliphatic heterocycles. The Morgan fingerprint density at radius 2 is 1.50 bits per heavy atom. The van der Waals surface area contributed by atoms with E-state index in [4.69, 9.17) is 38.9 Å². The number of carbonyl (C=O) groups is 5. The van der Waals surface area contributed by atoms with Crippen LogP contribution in [0.3, 0.4) is 0 Å². The Bertz CT molecular complexity index is 1570. The zero-order chi connectivity index (χ0) is 36.4. The van der Waals surface area contributed by atoms with E-state index in [0.29, 0.717) is 12.9 Å². The van der Waals surface area contributed by atoms with E-state index in [1.165, 1.54) is 27.7 Å². The van der Waals surface area contributed by atoms with Crippen LogP contribution in [0.2, 0.25) is 0 Å². The van der Waals surface area contributed by atoms with Crippen LogP contribution in [-0.2, 0) is 57.1 Å². The molecule has 8 fully saturated rings. The molecule has 1 spiro atoms. The van der Waals surface area contributed by atoms with Crippen LogP contribution in [0.4, 0.5) is 0 Å². The Hall–Kier alpha value is -2.85. The van der Waals surface area contributed by atoms with Gasteiger partial charge in [-0.05, 0) is 38.0 Å². The van der Waals surface area contributed by atoms with Crippen molar-refractivity contribution in [3.63, 3.8) is 0 Å². The maximum absolute atomic E-state index is 13.5. The number of aliphatic hydroxyl groups excluding tert-OH is 1. The van der Waals surface area contributed by atoms with Crippen molar-refractivity contribution in [2.45, 2.75) is 128 Å². The van der Waals surface area contributed by atoms with Gasteiger partial charge in [-0.2, -0.15) is 0 Å². The maximum Gasteiger partial charge on any atom is 0.341 e. The minimum absolute atomic E-state index is 0.262. The quantitative estimate of drug-likeness (QED) is 0.148. The number of aliphatic hydroxyl groups is 2. The summed E-state index contributed by atoms with van der Waals surface area (Å²) in [5.41, 5.74) is 1.07. The number of nitrogens with two attached hydrogens (primary N) is 1. The minimum atomic E-state index is -2.12. The summed E-state index contributed by atoms with van der Waals surface area (Å²) in [6.45, 7) is 12.8. The van der Waals surface area contributed by atoms with Gasteiger partial charge in [0.25, 0.3) is 6.47 Å². The average Bonchev–Trinajstić information content (AvgIpc) is 3.92. The molecule has 0 aromatic heterocycles. The minimum Gasteiger partial charge on any atom is -0.463 e. The van der Waals surface area contributed by atoms with E-state index < -0.39 is 142 Å². The second-order valence-electron chi connectivity index (χ2n) is 17.0. The fourth-order valence-corrected chi connectivity index (χ4v) is 13.4. The van der Waals surface area contributed by atoms with Gasteiger partial charge in [0.1, 0.15) is 36.6 Å². The summed E-state index contributed by atoms with van der Waals surface area (Å²) >= 11 is 0. The van der Waals surface area contributed by atoms with E-state index in [-0.39, 0.29) is 6.10 Å². The van der Waals surface area contributed by atoms with Crippen LogP contribution in [0, 0.1) is 57.7 Å². The first-order valence-electron chi connectivity index (χ1n) is 17.6. The highest BCUT2D eigenvalue weighted by molar-refractivity contribution is 5.84. The summed E-state index contributed by atoms with van der Waals surface area (Å²) in [5, 5.41) is 24.2. The Morgan fingerprint density at radius 1 is 0.900 bits per heavy atom. The highest BCUT2D eigenvalue weighted by atomic mass is 16.8. The molecule has 15 nitrogen and oxygen atoms in total. The lowest BCUT2D eigenvalue weighted by atomic mass is 9.40. The zero-order valence-corrected chi connectivity index (χ0v) is 29.4. The van der Waals surface area contributed by atoms with E-state index in [2.05, 4.69) is 0 Å². The Morgan fingerprint density at radius 3 is 2.10 bits per heavy atom. The lowest BCUT2D eigenvalue weighted by Crippen LogP contribution is -2.76. The second-order valence-corrected chi connectivity index (χ2v) is 17.0. The smallest absolute Gasteiger partial charge is 0.341 e. The highest BCUT2D eigenvalue weighted by Crippen LogP contribution is 2.81. The third-order valence-corrected chi connectivity index (χ3v) is 15.2. The molecule has 50 heavy (non-hydrogen) atoms. The second kappa shape index (κ2) is 10.2. The van der Waals surface area contributed by atoms with Crippen molar-refractivity contribution in [2.24, 2.45) is 63.4 Å². The molecule has 0 aromatic rings. The molecule has 0 amide bonds. The van der Waals surface area contributed by atoms with Crippen molar-refractivity contribution in [3.8, 4) is 0 Å². The van der Waals surface area contributed by atoms with Crippen LogP contribution in [-0.4, -0.2) is 107 Å². The number of epoxide rings is 2. The van der Waals surface area contributed by atoms with Crippen molar-refractivity contribution in [3.05, 3.63) is 0 Å². The topological polar surface area (TPSA) is 223 Å². The summed E-state index contributed by atoms with van der Waals surface area (Å²) in [7, 11) is 0. The molecule has 8 rings (SSSR count). The Balaban J connectivity index is 1.43. The molecule has 276 valence electrons. The molecule has 4 N–H and O–H groups in total. The lowest BCUT2D eigenvalue weighted by Gasteiger charge is -2.67. The first-order valence-corrected chi connectivity index (χ1v) is 17.6. The standard InChI is InChI=1S/C35H47NO14/c1-11-18-21(33(7)34(8,43)30(42)50-35(33)28(11)49-35)25(45-12(2)38)19-17-20(26(46-13(3)39)29(32(18,19)6)47-14(4)40)31(5)15(22(36)24(17)44-10-37)9-16-23(48-16)27(31)41/h10-11,15-29,41,43H,9,36H2,1-8H3/t11-,15+,16-,17?,18-,19+,20?,21-,22+,23-,24+,25+,26-,27-,28+,29-,31-,32+,33-,34+,35-/m0/s1. The van der Waals surface area contributed by atoms with Gasteiger partial charge in [0, 0.05) is 61.3 Å². The van der Waals surface area contributed by atoms with Crippen LogP contribution in [0.15, 0.2) is 0 Å². The molecule has 8 aliphatic rings. The van der Waals surface area contributed by atoms with E-state index in [1.54, 1.807) is 6.92 Å². The molecule has 3 saturated heterocycles. The predicted molar refractivity (Wildman–Crippen MR) is 164 cm³/mol. The highest BCUT2D eigenvalue weighted by Gasteiger charge is 2.93. The number of fused-ring (bicyclic) bond motifs is 9. The molecule has 0 aromatic carbocycles. The first kappa shape index (κ1) is 34.2. The SMILES string of the molecule is CC(=O)O[C@H]1[C@@H]2[C@H]([C@H](C)[C@H]3O[C@]34OC(=O)[C@@](C)(O)[C@]24C)[C@]2(C)[C@@H]1C1C([C@H](OC(C)=O)[C@@H]2OC(C)=O)[C@]2(C)[C@H](C[C@@H]3O[C@@H]3[C@@H]2O)[C@@H](N)[C@@H]1OC=O. The van der Waals surface area contributed by atoms with Gasteiger partial charge >= 0.3 is 23.9 Å². The van der Waals surface area contributed by atoms with Crippen LogP contribution in [0.5, 0.6) is 0 Å². The summed E-state index contributed by atoms with van der Waals surface area (Å²) in [4.78, 5) is 65.3. The molecule has 2 unspecified atom stereocenters. The summed E-state index contributed by atoms with van der Waals surface area (Å²) in [5.74, 6) is -9.40. The molecule has 3 heterocycles.